The molecule has 1 aliphatic rings. The highest BCUT2D eigenvalue weighted by atomic mass is 32.2. The number of fused-ring (bicyclic) bond motifs is 1. The normalized spacial score (nSPS) is 20.1. The third-order valence-electron chi connectivity index (χ3n) is 3.49. The van der Waals surface area contributed by atoms with E-state index < -0.39 is 10.3 Å². The summed E-state index contributed by atoms with van der Waals surface area (Å²) in [6.07, 6.45) is 0.563. The molecule has 0 aliphatic carbocycles. The molecule has 0 saturated carbocycles. The summed E-state index contributed by atoms with van der Waals surface area (Å²) in [4.78, 5) is 0. The lowest BCUT2D eigenvalue weighted by atomic mass is 9.84. The van der Waals surface area contributed by atoms with Crippen molar-refractivity contribution in [1.29, 1.82) is 0 Å². The van der Waals surface area contributed by atoms with Crippen molar-refractivity contribution < 1.29 is 22.4 Å². The van der Waals surface area contributed by atoms with Crippen LogP contribution in [0.1, 0.15) is 38.3 Å². The van der Waals surface area contributed by atoms with Crippen LogP contribution in [-0.2, 0) is 27.0 Å². The molecule has 2 rings (SSSR count). The minimum atomic E-state index is -4.19. The standard InChI is InChI=1S/C14H21NO5S/c1-4-7-19-13-14(2,3)11-8-10(5-6-12(11)20-13)9-15-21(16,17)18/h5-6,8,13,15H,4,7,9H2,1-3H3,(H,16,17,18). The highest BCUT2D eigenvalue weighted by Crippen LogP contribution is 2.43. The summed E-state index contributed by atoms with van der Waals surface area (Å²) >= 11 is 0. The van der Waals surface area contributed by atoms with Crippen molar-refractivity contribution in [1.82, 2.24) is 4.72 Å². The third-order valence-corrected chi connectivity index (χ3v) is 4.00. The van der Waals surface area contributed by atoms with E-state index in [0.717, 1.165) is 23.3 Å². The fraction of sp³-hybridized carbons (Fsp3) is 0.571. The van der Waals surface area contributed by atoms with Crippen molar-refractivity contribution in [2.75, 3.05) is 6.61 Å². The monoisotopic (exact) mass is 315 g/mol. The van der Waals surface area contributed by atoms with E-state index in [1.54, 1.807) is 12.1 Å². The summed E-state index contributed by atoms with van der Waals surface area (Å²) in [6.45, 7) is 6.74. The smallest absolute Gasteiger partial charge is 0.333 e. The van der Waals surface area contributed by atoms with E-state index in [2.05, 4.69) is 4.72 Å². The lowest BCUT2D eigenvalue weighted by molar-refractivity contribution is -0.102. The van der Waals surface area contributed by atoms with Crippen LogP contribution in [0.2, 0.25) is 0 Å². The first kappa shape index (κ1) is 16.2. The van der Waals surface area contributed by atoms with Gasteiger partial charge in [-0.25, -0.2) is 0 Å². The zero-order valence-corrected chi connectivity index (χ0v) is 13.2. The number of hydrogen-bond acceptors (Lipinski definition) is 4. The van der Waals surface area contributed by atoms with Gasteiger partial charge in [-0.05, 0) is 38.0 Å². The Labute approximate surface area is 125 Å². The van der Waals surface area contributed by atoms with E-state index in [-0.39, 0.29) is 18.2 Å². The van der Waals surface area contributed by atoms with Crippen LogP contribution in [0.4, 0.5) is 0 Å². The van der Waals surface area contributed by atoms with E-state index in [0.29, 0.717) is 6.61 Å². The van der Waals surface area contributed by atoms with E-state index in [1.807, 2.05) is 26.8 Å². The Bertz CT molecular complexity index is 612. The van der Waals surface area contributed by atoms with E-state index in [9.17, 15) is 8.42 Å². The number of ether oxygens (including phenoxy) is 2. The molecule has 0 aromatic heterocycles. The van der Waals surface area contributed by atoms with E-state index in [4.69, 9.17) is 14.0 Å². The fourth-order valence-corrected chi connectivity index (χ4v) is 2.67. The first-order chi connectivity index (χ1) is 9.74. The van der Waals surface area contributed by atoms with Gasteiger partial charge in [-0.1, -0.05) is 13.0 Å². The van der Waals surface area contributed by atoms with Crippen LogP contribution in [-0.4, -0.2) is 25.9 Å². The lowest BCUT2D eigenvalue weighted by Crippen LogP contribution is -2.35. The zero-order chi connectivity index (χ0) is 15.7. The zero-order valence-electron chi connectivity index (χ0n) is 12.4. The molecule has 2 N–H and O–H groups in total. The molecule has 7 heteroatoms. The van der Waals surface area contributed by atoms with Crippen molar-refractivity contribution in [2.24, 2.45) is 0 Å². The molecule has 0 radical (unpaired) electrons. The van der Waals surface area contributed by atoms with Gasteiger partial charge in [0.1, 0.15) is 5.75 Å². The molecular formula is C14H21NO5S. The summed E-state index contributed by atoms with van der Waals surface area (Å²) in [5.41, 5.74) is 1.40. The maximum absolute atomic E-state index is 10.7. The highest BCUT2D eigenvalue weighted by Gasteiger charge is 2.42. The fourth-order valence-electron chi connectivity index (χ4n) is 2.32. The van der Waals surface area contributed by atoms with Gasteiger partial charge in [-0.2, -0.15) is 13.1 Å². The van der Waals surface area contributed by atoms with Gasteiger partial charge >= 0.3 is 10.3 Å². The quantitative estimate of drug-likeness (QED) is 0.784. The van der Waals surface area contributed by atoms with Gasteiger partial charge in [0, 0.05) is 12.1 Å². The number of benzene rings is 1. The average molecular weight is 315 g/mol. The summed E-state index contributed by atoms with van der Waals surface area (Å²) in [5, 5.41) is 0. The molecule has 1 atom stereocenters. The topological polar surface area (TPSA) is 84.9 Å². The van der Waals surface area contributed by atoms with Crippen LogP contribution in [0, 0.1) is 0 Å². The molecule has 0 amide bonds. The Morgan fingerprint density at radius 3 is 2.76 bits per heavy atom. The van der Waals surface area contributed by atoms with Crippen LogP contribution in [0.25, 0.3) is 0 Å². The molecule has 0 saturated heterocycles. The number of hydrogen-bond donors (Lipinski definition) is 2. The van der Waals surface area contributed by atoms with Gasteiger partial charge < -0.3 is 9.47 Å². The van der Waals surface area contributed by atoms with Crippen LogP contribution in [0.15, 0.2) is 18.2 Å². The predicted molar refractivity (Wildman–Crippen MR) is 78.5 cm³/mol. The van der Waals surface area contributed by atoms with E-state index in [1.165, 1.54) is 0 Å². The highest BCUT2D eigenvalue weighted by molar-refractivity contribution is 7.83. The molecule has 1 unspecified atom stereocenters. The second-order valence-electron chi connectivity index (χ2n) is 5.67. The van der Waals surface area contributed by atoms with Crippen molar-refractivity contribution >= 4 is 10.3 Å². The van der Waals surface area contributed by atoms with Gasteiger partial charge in [0.2, 0.25) is 6.29 Å². The molecule has 0 spiro atoms. The minimum absolute atomic E-state index is 0.0304. The molecule has 1 heterocycles. The first-order valence-electron chi connectivity index (χ1n) is 6.88. The van der Waals surface area contributed by atoms with Gasteiger partial charge in [0.15, 0.2) is 0 Å². The summed E-state index contributed by atoms with van der Waals surface area (Å²) < 4.78 is 43.8. The lowest BCUT2D eigenvalue weighted by Gasteiger charge is -2.25. The molecule has 1 aromatic rings. The predicted octanol–water partition coefficient (Wildman–Crippen LogP) is 2.00. The molecule has 0 bridgehead atoms. The number of nitrogens with one attached hydrogen (secondary N) is 1. The van der Waals surface area contributed by atoms with Crippen LogP contribution < -0.4 is 9.46 Å². The largest absolute Gasteiger partial charge is 0.464 e. The third kappa shape index (κ3) is 3.74. The Balaban J connectivity index is 2.18. The summed E-state index contributed by atoms with van der Waals surface area (Å²) in [6, 6.07) is 5.44. The average Bonchev–Trinajstić information content (AvgIpc) is 2.64. The molecule has 1 aromatic carbocycles. The molecule has 118 valence electrons. The van der Waals surface area contributed by atoms with E-state index >= 15 is 0 Å². The molecule has 21 heavy (non-hydrogen) atoms. The van der Waals surface area contributed by atoms with Gasteiger partial charge in [-0.3, -0.25) is 4.55 Å². The maximum atomic E-state index is 10.7. The second-order valence-corrected chi connectivity index (χ2v) is 6.91. The summed E-state index contributed by atoms with van der Waals surface area (Å²) in [5.74, 6) is 0.747. The van der Waals surface area contributed by atoms with Crippen LogP contribution in [0.3, 0.4) is 0 Å². The molecule has 6 nitrogen and oxygen atoms in total. The Kier molecular flexibility index (Phi) is 4.57. The van der Waals surface area contributed by atoms with Crippen molar-refractivity contribution in [3.05, 3.63) is 29.3 Å². The molecule has 0 fully saturated rings. The van der Waals surface area contributed by atoms with Gasteiger partial charge in [0.05, 0.1) is 12.0 Å². The molecule has 1 aliphatic heterocycles. The van der Waals surface area contributed by atoms with Crippen LogP contribution >= 0.6 is 0 Å². The maximum Gasteiger partial charge on any atom is 0.333 e. The Hall–Kier alpha value is -1.15. The number of rotatable bonds is 6. The van der Waals surface area contributed by atoms with Crippen LogP contribution in [0.5, 0.6) is 5.75 Å². The Morgan fingerprint density at radius 1 is 1.43 bits per heavy atom. The molecular weight excluding hydrogens is 294 g/mol. The van der Waals surface area contributed by atoms with Crippen molar-refractivity contribution in [3.8, 4) is 5.75 Å². The van der Waals surface area contributed by atoms with Crippen molar-refractivity contribution in [3.63, 3.8) is 0 Å². The minimum Gasteiger partial charge on any atom is -0.464 e. The SMILES string of the molecule is CCCOC1Oc2ccc(CNS(=O)(=O)O)cc2C1(C)C. The van der Waals surface area contributed by atoms with Crippen molar-refractivity contribution in [2.45, 2.75) is 45.4 Å². The van der Waals surface area contributed by atoms with Gasteiger partial charge in [-0.15, -0.1) is 0 Å². The van der Waals surface area contributed by atoms with Gasteiger partial charge in [0.25, 0.3) is 0 Å². The summed E-state index contributed by atoms with van der Waals surface area (Å²) in [7, 11) is -4.19. The Morgan fingerprint density at radius 2 is 2.14 bits per heavy atom. The second kappa shape index (κ2) is 5.92. The first-order valence-corrected chi connectivity index (χ1v) is 8.32.